The third-order valence-electron chi connectivity index (χ3n) is 5.18. The molecule has 3 rings (SSSR count). The van der Waals surface area contributed by atoms with Gasteiger partial charge in [0.15, 0.2) is 6.61 Å². The van der Waals surface area contributed by atoms with Crippen LogP contribution in [0.3, 0.4) is 0 Å². The Hall–Kier alpha value is -2.13. The summed E-state index contributed by atoms with van der Waals surface area (Å²) in [5.74, 6) is -0.271. The summed E-state index contributed by atoms with van der Waals surface area (Å²) in [4.78, 5) is 23.9. The van der Waals surface area contributed by atoms with Gasteiger partial charge in [0.05, 0.1) is 17.1 Å². The van der Waals surface area contributed by atoms with Crippen LogP contribution in [0.4, 0.5) is 5.69 Å². The van der Waals surface area contributed by atoms with Gasteiger partial charge in [0.2, 0.25) is 15.9 Å². The lowest BCUT2D eigenvalue weighted by molar-refractivity contribution is -0.122. The van der Waals surface area contributed by atoms with E-state index in [9.17, 15) is 18.0 Å². The van der Waals surface area contributed by atoms with E-state index >= 15 is 0 Å². The number of benzene rings is 1. The van der Waals surface area contributed by atoms with E-state index in [2.05, 4.69) is 10.6 Å². The number of ether oxygens (including phenoxy) is 1. The third kappa shape index (κ3) is 4.64. The van der Waals surface area contributed by atoms with Gasteiger partial charge in [-0.15, -0.1) is 0 Å². The van der Waals surface area contributed by atoms with Gasteiger partial charge in [-0.1, -0.05) is 25.7 Å². The van der Waals surface area contributed by atoms with Crippen LogP contribution >= 0.6 is 0 Å². The van der Waals surface area contributed by atoms with Gasteiger partial charge in [-0.25, -0.2) is 8.42 Å². The van der Waals surface area contributed by atoms with Crippen LogP contribution in [0, 0.1) is 6.92 Å². The highest BCUT2D eigenvalue weighted by Gasteiger charge is 2.28. The molecule has 0 radical (unpaired) electrons. The number of likely N-dealkylation sites (N-methyl/N-ethyl adjacent to an activating group) is 1. The molecule has 1 aromatic carbocycles. The molecule has 0 aromatic heterocycles. The van der Waals surface area contributed by atoms with Crippen LogP contribution in [0.25, 0.3) is 0 Å². The fraction of sp³-hybridized carbons (Fsp3) is 0.579. The zero-order valence-electron chi connectivity index (χ0n) is 16.3. The zero-order chi connectivity index (χ0) is 20.3. The topological polar surface area (TPSA) is 105 Å². The molecule has 28 heavy (non-hydrogen) atoms. The van der Waals surface area contributed by atoms with Gasteiger partial charge in [0.25, 0.3) is 5.91 Å². The monoisotopic (exact) mass is 409 g/mol. The minimum absolute atomic E-state index is 0.0622. The van der Waals surface area contributed by atoms with E-state index in [1.807, 2.05) is 0 Å². The van der Waals surface area contributed by atoms with Gasteiger partial charge >= 0.3 is 0 Å². The van der Waals surface area contributed by atoms with Crippen molar-refractivity contribution in [3.63, 3.8) is 0 Å². The van der Waals surface area contributed by atoms with Crippen LogP contribution in [0.5, 0.6) is 5.75 Å². The SMILES string of the molecule is Cc1cc2c(cc1S(=O)(=O)N(C)CC(=O)NC1CCCCCC1)OCC(=O)N2. The third-order valence-corrected chi connectivity index (χ3v) is 7.13. The lowest BCUT2D eigenvalue weighted by Crippen LogP contribution is -2.42. The second-order valence-electron chi connectivity index (χ2n) is 7.47. The highest BCUT2D eigenvalue weighted by molar-refractivity contribution is 7.89. The standard InChI is InChI=1S/C19H27N3O5S/c1-13-9-15-16(27-12-19(24)21-15)10-17(13)28(25,26)22(2)11-18(23)20-14-7-5-3-4-6-8-14/h9-10,14H,3-8,11-12H2,1-2H3,(H,20,23)(H,21,24). The summed E-state index contributed by atoms with van der Waals surface area (Å²) in [7, 11) is -2.49. The zero-order valence-corrected chi connectivity index (χ0v) is 17.1. The van der Waals surface area contributed by atoms with Gasteiger partial charge in [-0.3, -0.25) is 9.59 Å². The molecule has 0 atom stereocenters. The molecule has 2 N–H and O–H groups in total. The van der Waals surface area contributed by atoms with Crippen LogP contribution < -0.4 is 15.4 Å². The maximum Gasteiger partial charge on any atom is 0.262 e. The Morgan fingerprint density at radius 3 is 2.61 bits per heavy atom. The Bertz CT molecular complexity index is 861. The average molecular weight is 410 g/mol. The van der Waals surface area contributed by atoms with E-state index in [-0.39, 0.29) is 35.9 Å². The summed E-state index contributed by atoms with van der Waals surface area (Å²) in [6.07, 6.45) is 6.42. The maximum atomic E-state index is 13.0. The molecule has 154 valence electrons. The number of nitrogens with one attached hydrogen (secondary N) is 2. The maximum absolute atomic E-state index is 13.0. The molecule has 0 saturated heterocycles. The van der Waals surface area contributed by atoms with Crippen molar-refractivity contribution in [1.29, 1.82) is 0 Å². The molecule has 0 bridgehead atoms. The average Bonchev–Trinajstić information content (AvgIpc) is 2.89. The van der Waals surface area contributed by atoms with Gasteiger partial charge < -0.3 is 15.4 Å². The molecule has 1 heterocycles. The lowest BCUT2D eigenvalue weighted by atomic mass is 10.1. The second-order valence-corrected chi connectivity index (χ2v) is 9.48. The lowest BCUT2D eigenvalue weighted by Gasteiger charge is -2.23. The number of carbonyl (C=O) groups excluding carboxylic acids is 2. The molecule has 8 nitrogen and oxygen atoms in total. The normalized spacial score (nSPS) is 18.0. The van der Waals surface area contributed by atoms with E-state index in [1.165, 1.54) is 26.0 Å². The van der Waals surface area contributed by atoms with E-state index in [1.54, 1.807) is 13.0 Å². The van der Waals surface area contributed by atoms with Crippen molar-refractivity contribution in [2.45, 2.75) is 56.4 Å². The summed E-state index contributed by atoms with van der Waals surface area (Å²) in [5, 5.41) is 5.62. The second kappa shape index (κ2) is 8.48. The predicted octanol–water partition coefficient (Wildman–Crippen LogP) is 1.79. The molecule has 1 saturated carbocycles. The minimum Gasteiger partial charge on any atom is -0.482 e. The fourth-order valence-corrected chi connectivity index (χ4v) is 4.99. The highest BCUT2D eigenvalue weighted by atomic mass is 32.2. The first-order chi connectivity index (χ1) is 13.3. The first-order valence-corrected chi connectivity index (χ1v) is 11.0. The smallest absolute Gasteiger partial charge is 0.262 e. The number of aryl methyl sites for hydroxylation is 1. The van der Waals surface area contributed by atoms with Gasteiger partial charge in [-0.05, 0) is 31.4 Å². The summed E-state index contributed by atoms with van der Waals surface area (Å²) >= 11 is 0. The first-order valence-electron chi connectivity index (χ1n) is 9.60. The molecule has 0 unspecified atom stereocenters. The van der Waals surface area contributed by atoms with Crippen molar-refractivity contribution in [1.82, 2.24) is 9.62 Å². The molecule has 9 heteroatoms. The van der Waals surface area contributed by atoms with Crippen molar-refractivity contribution < 1.29 is 22.7 Å². The van der Waals surface area contributed by atoms with Crippen molar-refractivity contribution in [3.05, 3.63) is 17.7 Å². The minimum atomic E-state index is -3.88. The van der Waals surface area contributed by atoms with E-state index in [0.29, 0.717) is 17.0 Å². The van der Waals surface area contributed by atoms with Crippen molar-refractivity contribution in [2.75, 3.05) is 25.5 Å². The Morgan fingerprint density at radius 1 is 1.25 bits per heavy atom. The Labute approximate surface area is 165 Å². The largest absolute Gasteiger partial charge is 0.482 e. The molecular formula is C19H27N3O5S. The van der Waals surface area contributed by atoms with Crippen LogP contribution in [-0.4, -0.2) is 50.8 Å². The number of hydrogen-bond donors (Lipinski definition) is 2. The molecule has 1 fully saturated rings. The van der Waals surface area contributed by atoms with Crippen LogP contribution in [-0.2, 0) is 19.6 Å². The molecule has 1 aliphatic heterocycles. The number of carbonyl (C=O) groups is 2. The Kier molecular flexibility index (Phi) is 6.24. The van der Waals surface area contributed by atoms with Crippen LogP contribution in [0.2, 0.25) is 0 Å². The summed E-state index contributed by atoms with van der Waals surface area (Å²) < 4.78 is 32.4. The molecule has 0 spiro atoms. The van der Waals surface area contributed by atoms with Crippen LogP contribution in [0.15, 0.2) is 17.0 Å². The van der Waals surface area contributed by atoms with E-state index < -0.39 is 10.0 Å². The number of amides is 2. The Morgan fingerprint density at radius 2 is 1.93 bits per heavy atom. The number of rotatable bonds is 5. The fourth-order valence-electron chi connectivity index (χ4n) is 3.65. The number of sulfonamides is 1. The van der Waals surface area contributed by atoms with Gasteiger partial charge in [-0.2, -0.15) is 4.31 Å². The van der Waals surface area contributed by atoms with Crippen LogP contribution in [0.1, 0.15) is 44.1 Å². The summed E-state index contributed by atoms with van der Waals surface area (Å²) in [6, 6.07) is 3.09. The van der Waals surface area contributed by atoms with Crippen molar-refractivity contribution in [2.24, 2.45) is 0 Å². The molecule has 1 aromatic rings. The quantitative estimate of drug-likeness (QED) is 0.722. The van der Waals surface area contributed by atoms with Gasteiger partial charge in [0.1, 0.15) is 5.75 Å². The summed E-state index contributed by atoms with van der Waals surface area (Å²) in [5.41, 5.74) is 0.919. The number of nitrogens with zero attached hydrogens (tertiary/aromatic N) is 1. The number of fused-ring (bicyclic) bond motifs is 1. The van der Waals surface area contributed by atoms with Crippen molar-refractivity contribution in [3.8, 4) is 5.75 Å². The highest BCUT2D eigenvalue weighted by Crippen LogP contribution is 2.33. The van der Waals surface area contributed by atoms with Gasteiger partial charge in [0, 0.05) is 19.2 Å². The van der Waals surface area contributed by atoms with E-state index in [4.69, 9.17) is 4.74 Å². The van der Waals surface area contributed by atoms with Crippen molar-refractivity contribution >= 4 is 27.5 Å². The first kappa shape index (κ1) is 20.6. The molecule has 1 aliphatic carbocycles. The summed E-state index contributed by atoms with van der Waals surface area (Å²) in [6.45, 7) is 1.25. The number of hydrogen-bond acceptors (Lipinski definition) is 5. The number of anilines is 1. The van der Waals surface area contributed by atoms with E-state index in [0.717, 1.165) is 30.0 Å². The predicted molar refractivity (Wildman–Crippen MR) is 105 cm³/mol. The molecule has 2 aliphatic rings. The molecule has 2 amide bonds. The Balaban J connectivity index is 1.71. The molecular weight excluding hydrogens is 382 g/mol.